The molecule has 0 aliphatic heterocycles. The summed E-state index contributed by atoms with van der Waals surface area (Å²) in [6.07, 6.45) is 3.98. The smallest absolute Gasteiger partial charge is 0.123 e. The predicted octanol–water partition coefficient (Wildman–Crippen LogP) is 1.99. The molecule has 0 atom stereocenters. The van der Waals surface area contributed by atoms with Gasteiger partial charge in [0.2, 0.25) is 0 Å². The van der Waals surface area contributed by atoms with E-state index < -0.39 is 0 Å². The Bertz CT molecular complexity index is 343. The van der Waals surface area contributed by atoms with Gasteiger partial charge in [-0.2, -0.15) is 0 Å². The van der Waals surface area contributed by atoms with Crippen molar-refractivity contribution in [1.29, 1.82) is 0 Å². The highest BCUT2D eigenvalue weighted by molar-refractivity contribution is 5.36. The molecule has 0 radical (unpaired) electrons. The van der Waals surface area contributed by atoms with Crippen molar-refractivity contribution in [2.24, 2.45) is 0 Å². The third kappa shape index (κ3) is 2.29. The first-order chi connectivity index (χ1) is 7.16. The maximum Gasteiger partial charge on any atom is 0.123 e. The fourth-order valence-electron chi connectivity index (χ4n) is 2.05. The maximum absolute atomic E-state index is 5.73. The minimum atomic E-state index is 0.634. The topological polar surface area (TPSA) is 42.2 Å². The lowest BCUT2D eigenvalue weighted by molar-refractivity contribution is 0.378. The quantitative estimate of drug-likeness (QED) is 0.820. The number of nitrogens with two attached hydrogens (primary N) is 1. The minimum absolute atomic E-state index is 0.634. The molecular weight excluding hydrogens is 186 g/mol. The first kappa shape index (κ1) is 10.4. The van der Waals surface area contributed by atoms with E-state index in [9.17, 15) is 0 Å². The lowest BCUT2D eigenvalue weighted by Crippen LogP contribution is -2.18. The number of pyridine rings is 1. The van der Waals surface area contributed by atoms with E-state index in [4.69, 9.17) is 5.73 Å². The number of rotatable bonds is 3. The van der Waals surface area contributed by atoms with Crippen molar-refractivity contribution in [2.75, 3.05) is 19.8 Å². The van der Waals surface area contributed by atoms with Crippen molar-refractivity contribution in [2.45, 2.75) is 31.7 Å². The molecule has 0 spiro atoms. The monoisotopic (exact) mass is 205 g/mol. The number of nitrogens with zero attached hydrogens (tertiary/aromatic N) is 2. The summed E-state index contributed by atoms with van der Waals surface area (Å²) in [6, 6.07) is 4.08. The molecule has 1 aliphatic rings. The van der Waals surface area contributed by atoms with E-state index in [2.05, 4.69) is 30.0 Å². The molecule has 1 aliphatic carbocycles. The third-order valence-corrected chi connectivity index (χ3v) is 3.04. The first-order valence-electron chi connectivity index (χ1n) is 5.57. The summed E-state index contributed by atoms with van der Waals surface area (Å²) in [6.45, 7) is 0.886. The van der Waals surface area contributed by atoms with Crippen LogP contribution in [0.15, 0.2) is 12.1 Å². The van der Waals surface area contributed by atoms with E-state index in [0.717, 1.165) is 18.2 Å². The highest BCUT2D eigenvalue weighted by Gasteiger charge is 2.22. The Balaban J connectivity index is 2.26. The van der Waals surface area contributed by atoms with Crippen LogP contribution in [0.25, 0.3) is 0 Å². The average molecular weight is 205 g/mol. The summed E-state index contributed by atoms with van der Waals surface area (Å²) in [7, 11) is 4.13. The van der Waals surface area contributed by atoms with Gasteiger partial charge in [0.05, 0.1) is 5.69 Å². The van der Waals surface area contributed by atoms with Gasteiger partial charge < -0.3 is 10.6 Å². The summed E-state index contributed by atoms with van der Waals surface area (Å²) in [4.78, 5) is 6.60. The third-order valence-electron chi connectivity index (χ3n) is 3.04. The Hall–Kier alpha value is -1.09. The van der Waals surface area contributed by atoms with E-state index in [1.54, 1.807) is 0 Å². The molecule has 3 nitrogen and oxygen atoms in total. The number of hydrogen-bond donors (Lipinski definition) is 1. The van der Waals surface area contributed by atoms with E-state index in [1.807, 2.05) is 6.07 Å². The average Bonchev–Trinajstić information content (AvgIpc) is 2.05. The van der Waals surface area contributed by atoms with Crippen molar-refractivity contribution >= 4 is 5.82 Å². The van der Waals surface area contributed by atoms with Gasteiger partial charge in [-0.1, -0.05) is 12.5 Å². The van der Waals surface area contributed by atoms with Crippen LogP contribution in [-0.2, 0) is 6.54 Å². The summed E-state index contributed by atoms with van der Waals surface area (Å²) < 4.78 is 0. The Labute approximate surface area is 91.3 Å². The Morgan fingerprint density at radius 3 is 2.67 bits per heavy atom. The molecule has 0 aromatic carbocycles. The highest BCUT2D eigenvalue weighted by atomic mass is 15.1. The van der Waals surface area contributed by atoms with Gasteiger partial charge in [-0.3, -0.25) is 0 Å². The molecule has 1 saturated carbocycles. The van der Waals surface area contributed by atoms with Crippen LogP contribution in [0.3, 0.4) is 0 Å². The number of aromatic nitrogens is 1. The highest BCUT2D eigenvalue weighted by Crippen LogP contribution is 2.37. The molecule has 1 aromatic rings. The van der Waals surface area contributed by atoms with Crippen LogP contribution in [0, 0.1) is 0 Å². The van der Waals surface area contributed by atoms with E-state index >= 15 is 0 Å². The van der Waals surface area contributed by atoms with Crippen LogP contribution >= 0.6 is 0 Å². The van der Waals surface area contributed by atoms with E-state index in [0.29, 0.717) is 5.82 Å². The van der Waals surface area contributed by atoms with Crippen molar-refractivity contribution in [3.8, 4) is 0 Å². The maximum atomic E-state index is 5.73. The summed E-state index contributed by atoms with van der Waals surface area (Å²) in [5, 5.41) is 0. The zero-order valence-corrected chi connectivity index (χ0v) is 9.53. The Morgan fingerprint density at radius 1 is 1.40 bits per heavy atom. The standard InChI is InChI=1S/C12H19N3/c1-15(2)8-11-10(9-4-3-5-9)6-7-12(13)14-11/h6-7,9H,3-5,8H2,1-2H3,(H2,13,14). The van der Waals surface area contributed by atoms with Crippen LogP contribution in [-0.4, -0.2) is 24.0 Å². The van der Waals surface area contributed by atoms with Crippen LogP contribution in [0.5, 0.6) is 0 Å². The normalized spacial score (nSPS) is 16.7. The molecule has 0 unspecified atom stereocenters. The molecule has 0 amide bonds. The minimum Gasteiger partial charge on any atom is -0.384 e. The molecule has 82 valence electrons. The van der Waals surface area contributed by atoms with Crippen molar-refractivity contribution < 1.29 is 0 Å². The summed E-state index contributed by atoms with van der Waals surface area (Å²) >= 11 is 0. The second-order valence-electron chi connectivity index (χ2n) is 4.64. The number of nitrogen functional groups attached to an aromatic ring is 1. The van der Waals surface area contributed by atoms with Gasteiger partial charge in [-0.05, 0) is 44.5 Å². The summed E-state index contributed by atoms with van der Waals surface area (Å²) in [5.74, 6) is 1.36. The van der Waals surface area contributed by atoms with Crippen LogP contribution in [0.4, 0.5) is 5.82 Å². The number of hydrogen-bond acceptors (Lipinski definition) is 3. The first-order valence-corrected chi connectivity index (χ1v) is 5.57. The second-order valence-corrected chi connectivity index (χ2v) is 4.64. The lowest BCUT2D eigenvalue weighted by Gasteiger charge is -2.28. The largest absolute Gasteiger partial charge is 0.384 e. The van der Waals surface area contributed by atoms with Crippen molar-refractivity contribution in [1.82, 2.24) is 9.88 Å². The fraction of sp³-hybridized carbons (Fsp3) is 0.583. The second kappa shape index (κ2) is 4.19. The molecule has 0 saturated heterocycles. The van der Waals surface area contributed by atoms with Gasteiger partial charge in [-0.25, -0.2) is 4.98 Å². The van der Waals surface area contributed by atoms with Crippen LogP contribution in [0.2, 0.25) is 0 Å². The van der Waals surface area contributed by atoms with Gasteiger partial charge >= 0.3 is 0 Å². The molecule has 1 heterocycles. The molecule has 2 rings (SSSR count). The number of anilines is 1. The zero-order valence-electron chi connectivity index (χ0n) is 9.53. The fourth-order valence-corrected chi connectivity index (χ4v) is 2.05. The van der Waals surface area contributed by atoms with Crippen molar-refractivity contribution in [3.05, 3.63) is 23.4 Å². The SMILES string of the molecule is CN(C)Cc1nc(N)ccc1C1CCC1. The summed E-state index contributed by atoms with van der Waals surface area (Å²) in [5.41, 5.74) is 8.30. The molecule has 0 bridgehead atoms. The lowest BCUT2D eigenvalue weighted by atomic mass is 9.79. The molecule has 3 heteroatoms. The molecule has 2 N–H and O–H groups in total. The Kier molecular flexibility index (Phi) is 2.91. The molecule has 15 heavy (non-hydrogen) atoms. The van der Waals surface area contributed by atoms with Crippen LogP contribution < -0.4 is 5.73 Å². The zero-order chi connectivity index (χ0) is 10.8. The van der Waals surface area contributed by atoms with Crippen LogP contribution in [0.1, 0.15) is 36.4 Å². The molecule has 1 aromatic heterocycles. The van der Waals surface area contributed by atoms with E-state index in [-0.39, 0.29) is 0 Å². The van der Waals surface area contributed by atoms with E-state index in [1.165, 1.54) is 24.8 Å². The predicted molar refractivity (Wildman–Crippen MR) is 62.6 cm³/mol. The van der Waals surface area contributed by atoms with Gasteiger partial charge in [0.15, 0.2) is 0 Å². The van der Waals surface area contributed by atoms with Crippen molar-refractivity contribution in [3.63, 3.8) is 0 Å². The Morgan fingerprint density at radius 2 is 2.13 bits per heavy atom. The van der Waals surface area contributed by atoms with Gasteiger partial charge in [0.1, 0.15) is 5.82 Å². The molecular formula is C12H19N3. The van der Waals surface area contributed by atoms with Gasteiger partial charge in [0.25, 0.3) is 0 Å². The van der Waals surface area contributed by atoms with Gasteiger partial charge in [-0.15, -0.1) is 0 Å². The van der Waals surface area contributed by atoms with Gasteiger partial charge in [0, 0.05) is 6.54 Å². The molecule has 1 fully saturated rings.